The summed E-state index contributed by atoms with van der Waals surface area (Å²) in [6.07, 6.45) is 11.2. The van der Waals surface area contributed by atoms with Crippen LogP contribution >= 0.6 is 0 Å². The lowest BCUT2D eigenvalue weighted by atomic mass is 9.97. The summed E-state index contributed by atoms with van der Waals surface area (Å²) in [6.45, 7) is 10.1. The molecule has 0 amide bonds. The van der Waals surface area contributed by atoms with Gasteiger partial charge in [0.2, 0.25) is 0 Å². The van der Waals surface area contributed by atoms with Crippen LogP contribution in [0.1, 0.15) is 45.8 Å². The van der Waals surface area contributed by atoms with E-state index in [2.05, 4.69) is 84.7 Å². The van der Waals surface area contributed by atoms with Gasteiger partial charge in [0.1, 0.15) is 0 Å². The fourth-order valence-corrected chi connectivity index (χ4v) is 4.12. The molecule has 34 heavy (non-hydrogen) atoms. The molecule has 1 saturated heterocycles. The maximum Gasteiger partial charge on any atom is 0.199 e. The molecule has 4 rings (SSSR count). The van der Waals surface area contributed by atoms with Crippen LogP contribution in [0.2, 0.25) is 0 Å². The summed E-state index contributed by atoms with van der Waals surface area (Å²) in [5.41, 5.74) is 3.46. The number of benzene rings is 1. The van der Waals surface area contributed by atoms with Crippen LogP contribution in [0.15, 0.2) is 54.3 Å². The lowest BCUT2D eigenvalue weighted by Gasteiger charge is -2.34. The number of anilines is 2. The fraction of sp³-hybridized carbons (Fsp3) is 0.500. The molecule has 0 saturated carbocycles. The quantitative estimate of drug-likeness (QED) is 0.395. The summed E-state index contributed by atoms with van der Waals surface area (Å²) >= 11 is 0. The molecular weight excluding hydrogens is 424 g/mol. The molecule has 8 nitrogen and oxygen atoms in total. The summed E-state index contributed by atoms with van der Waals surface area (Å²) in [5, 5.41) is 7.02. The first kappa shape index (κ1) is 25.3. The number of aryl methyl sites for hydroxylation is 2. The third-order valence-corrected chi connectivity index (χ3v) is 6.03. The standard InChI is InChI=1S/C23H32N8.C3H8.H2/c1-18-6-4-5-7-20(18)26-14-21-22(27-17-29(21)3)28-23(24-2)31-11-8-19(9-12-31)15-30-13-10-25-16-30;1-3-2;/h4-7,10,13,16-17,19,26H,8-9,11-12,14-15H2,1-3H3,(H,24,28);3H2,1-2H3;1H. The van der Waals surface area contributed by atoms with E-state index in [-0.39, 0.29) is 1.43 Å². The number of para-hydroxylation sites is 1. The second-order valence-electron chi connectivity index (χ2n) is 8.89. The van der Waals surface area contributed by atoms with Crippen molar-refractivity contribution in [2.24, 2.45) is 18.0 Å². The van der Waals surface area contributed by atoms with Gasteiger partial charge in [0.25, 0.3) is 0 Å². The predicted molar refractivity (Wildman–Crippen MR) is 143 cm³/mol. The Labute approximate surface area is 205 Å². The van der Waals surface area contributed by atoms with Crippen molar-refractivity contribution in [1.29, 1.82) is 0 Å². The largest absolute Gasteiger partial charge is 0.379 e. The van der Waals surface area contributed by atoms with Crippen molar-refractivity contribution in [3.05, 3.63) is 60.6 Å². The third kappa shape index (κ3) is 6.85. The van der Waals surface area contributed by atoms with Crippen LogP contribution in [0.5, 0.6) is 0 Å². The van der Waals surface area contributed by atoms with Crippen LogP contribution in [0.4, 0.5) is 11.5 Å². The van der Waals surface area contributed by atoms with Crippen molar-refractivity contribution >= 4 is 17.5 Å². The Morgan fingerprint density at radius 3 is 2.56 bits per heavy atom. The number of likely N-dealkylation sites (tertiary alicyclic amines) is 1. The summed E-state index contributed by atoms with van der Waals surface area (Å²) in [4.78, 5) is 15.6. The first-order valence-corrected chi connectivity index (χ1v) is 12.3. The zero-order chi connectivity index (χ0) is 24.3. The maximum atomic E-state index is 4.59. The molecule has 1 fully saturated rings. The molecule has 0 unspecified atom stereocenters. The van der Waals surface area contributed by atoms with Gasteiger partial charge in [0, 0.05) is 53.2 Å². The molecule has 0 bridgehead atoms. The van der Waals surface area contributed by atoms with Gasteiger partial charge >= 0.3 is 0 Å². The number of aromatic nitrogens is 4. The normalized spacial score (nSPS) is 14.5. The molecule has 0 radical (unpaired) electrons. The highest BCUT2D eigenvalue weighted by Gasteiger charge is 2.23. The van der Waals surface area contributed by atoms with Crippen LogP contribution in [0.3, 0.4) is 0 Å². The zero-order valence-corrected chi connectivity index (χ0v) is 21.3. The van der Waals surface area contributed by atoms with Crippen molar-refractivity contribution < 1.29 is 1.43 Å². The second kappa shape index (κ2) is 12.8. The predicted octanol–water partition coefficient (Wildman–Crippen LogP) is 5.01. The van der Waals surface area contributed by atoms with Crippen molar-refractivity contribution in [2.75, 3.05) is 30.8 Å². The van der Waals surface area contributed by atoms with E-state index >= 15 is 0 Å². The number of rotatable bonds is 6. The van der Waals surface area contributed by atoms with E-state index < -0.39 is 0 Å². The Hall–Kier alpha value is -3.29. The van der Waals surface area contributed by atoms with Gasteiger partial charge in [-0.25, -0.2) is 9.97 Å². The van der Waals surface area contributed by atoms with Crippen molar-refractivity contribution in [2.45, 2.75) is 53.1 Å². The molecule has 8 heteroatoms. The van der Waals surface area contributed by atoms with Crippen LogP contribution in [0, 0.1) is 12.8 Å². The molecule has 3 heterocycles. The minimum atomic E-state index is 0. The van der Waals surface area contributed by atoms with Gasteiger partial charge in [0.05, 0.1) is 24.9 Å². The van der Waals surface area contributed by atoms with E-state index in [1.165, 1.54) is 12.0 Å². The minimum absolute atomic E-state index is 0. The fourth-order valence-electron chi connectivity index (χ4n) is 4.12. The molecule has 0 aliphatic carbocycles. The molecular formula is C26H42N8. The summed E-state index contributed by atoms with van der Waals surface area (Å²) in [5.74, 6) is 2.41. The van der Waals surface area contributed by atoms with Gasteiger partial charge in [-0.15, -0.1) is 0 Å². The molecule has 0 spiro atoms. The molecule has 1 aliphatic heterocycles. The van der Waals surface area contributed by atoms with Gasteiger partial charge in [-0.05, 0) is 37.3 Å². The van der Waals surface area contributed by atoms with Crippen molar-refractivity contribution in [1.82, 2.24) is 24.0 Å². The molecule has 1 aliphatic rings. The topological polar surface area (TPSA) is 75.3 Å². The van der Waals surface area contributed by atoms with Gasteiger partial charge in [-0.2, -0.15) is 0 Å². The smallest absolute Gasteiger partial charge is 0.199 e. The van der Waals surface area contributed by atoms with Gasteiger partial charge < -0.3 is 24.7 Å². The lowest BCUT2D eigenvalue weighted by molar-refractivity contribution is 0.245. The van der Waals surface area contributed by atoms with E-state index in [9.17, 15) is 0 Å². The number of imidazole rings is 2. The first-order valence-electron chi connectivity index (χ1n) is 12.3. The van der Waals surface area contributed by atoms with Gasteiger partial charge in [-0.3, -0.25) is 4.99 Å². The average molecular weight is 467 g/mol. The van der Waals surface area contributed by atoms with Gasteiger partial charge in [-0.1, -0.05) is 38.5 Å². The van der Waals surface area contributed by atoms with Crippen LogP contribution in [-0.2, 0) is 20.1 Å². The molecule has 186 valence electrons. The van der Waals surface area contributed by atoms with E-state index in [4.69, 9.17) is 0 Å². The van der Waals surface area contributed by atoms with Crippen LogP contribution in [0.25, 0.3) is 0 Å². The Bertz CT molecular complexity index is 1020. The molecule has 1 aromatic carbocycles. The number of nitrogens with one attached hydrogen (secondary N) is 2. The Kier molecular flexibility index (Phi) is 9.55. The number of aliphatic imine (C=N–C) groups is 1. The van der Waals surface area contributed by atoms with E-state index in [1.54, 1.807) is 0 Å². The Morgan fingerprint density at radius 1 is 1.18 bits per heavy atom. The molecule has 3 aromatic rings. The summed E-state index contributed by atoms with van der Waals surface area (Å²) in [6, 6.07) is 8.32. The number of piperidine rings is 1. The summed E-state index contributed by atoms with van der Waals surface area (Å²) < 4.78 is 4.23. The van der Waals surface area contributed by atoms with Crippen molar-refractivity contribution in [3.8, 4) is 0 Å². The highest BCUT2D eigenvalue weighted by Crippen LogP contribution is 2.22. The lowest BCUT2D eigenvalue weighted by Crippen LogP contribution is -2.43. The first-order chi connectivity index (χ1) is 16.5. The van der Waals surface area contributed by atoms with E-state index in [1.807, 2.05) is 39.1 Å². The molecule has 2 N–H and O–H groups in total. The Morgan fingerprint density at radius 2 is 1.91 bits per heavy atom. The third-order valence-electron chi connectivity index (χ3n) is 6.03. The number of hydrogen-bond acceptors (Lipinski definition) is 4. The maximum absolute atomic E-state index is 4.59. The minimum Gasteiger partial charge on any atom is -0.379 e. The second-order valence-corrected chi connectivity index (χ2v) is 8.89. The number of hydrogen-bond donors (Lipinski definition) is 2. The van der Waals surface area contributed by atoms with Crippen LogP contribution < -0.4 is 10.6 Å². The average Bonchev–Trinajstić information content (AvgIpc) is 3.48. The molecule has 2 aromatic heterocycles. The van der Waals surface area contributed by atoms with Crippen molar-refractivity contribution in [3.63, 3.8) is 0 Å². The SMILES string of the molecule is CCC.CN=C(Nc1ncn(C)c1CNc1ccccc1C)N1CCC(Cn2ccnc2)CC1.[HH]. The highest BCUT2D eigenvalue weighted by atomic mass is 15.3. The highest BCUT2D eigenvalue weighted by molar-refractivity contribution is 5.93. The monoisotopic (exact) mass is 466 g/mol. The number of guanidine groups is 1. The Balaban J connectivity index is 0.00000103. The van der Waals surface area contributed by atoms with E-state index in [0.29, 0.717) is 12.5 Å². The molecule has 0 atom stereocenters. The zero-order valence-electron chi connectivity index (χ0n) is 21.3. The van der Waals surface area contributed by atoms with Gasteiger partial charge in [0.15, 0.2) is 11.8 Å². The van der Waals surface area contributed by atoms with Crippen LogP contribution in [-0.4, -0.2) is 50.1 Å². The van der Waals surface area contributed by atoms with E-state index in [0.717, 1.165) is 55.6 Å². The number of nitrogens with zero attached hydrogens (tertiary/aromatic N) is 6. The summed E-state index contributed by atoms with van der Waals surface area (Å²) in [7, 11) is 3.87.